The largest absolute Gasteiger partial charge is 0.361 e. The lowest BCUT2D eigenvalue weighted by atomic mass is 10.2. The number of carbonyl (C=O) groups excluding carboxylic acids is 1. The first kappa shape index (κ1) is 21.3. The Morgan fingerprint density at radius 1 is 1.09 bits per heavy atom. The van der Waals surface area contributed by atoms with E-state index in [0.29, 0.717) is 11.6 Å². The van der Waals surface area contributed by atoms with Crippen molar-refractivity contribution in [1.82, 2.24) is 20.0 Å². The van der Waals surface area contributed by atoms with Gasteiger partial charge in [-0.05, 0) is 29.8 Å². The van der Waals surface area contributed by atoms with E-state index < -0.39 is 0 Å². The van der Waals surface area contributed by atoms with Crippen LogP contribution >= 0.6 is 23.4 Å². The number of nitrogens with one attached hydrogen (secondary N) is 2. The first-order valence-corrected chi connectivity index (χ1v) is 11.7. The Kier molecular flexibility index (Phi) is 6.15. The number of rotatable bonds is 7. The van der Waals surface area contributed by atoms with Crippen LogP contribution in [0.3, 0.4) is 0 Å². The molecule has 2 aromatic heterocycles. The standard InChI is InChI=1S/C25H20ClN5OS/c26-20-9-3-1-7-17(20)15-31-23-12-6-5-11-22(23)29-25(31)33-16-24(32)30-28-14-18-13-27-21-10-4-2-8-19(18)21/h1-14,27H,15-16H2,(H,30,32)/b28-14+. The van der Waals surface area contributed by atoms with E-state index in [1.807, 2.05) is 79.0 Å². The second kappa shape index (κ2) is 9.52. The van der Waals surface area contributed by atoms with Gasteiger partial charge in [-0.25, -0.2) is 10.4 Å². The van der Waals surface area contributed by atoms with Gasteiger partial charge in [0.15, 0.2) is 5.16 Å². The summed E-state index contributed by atoms with van der Waals surface area (Å²) in [5.74, 6) is -0.00991. The second-order valence-corrected chi connectivity index (χ2v) is 8.78. The maximum absolute atomic E-state index is 12.4. The van der Waals surface area contributed by atoms with E-state index in [-0.39, 0.29) is 11.7 Å². The molecule has 33 heavy (non-hydrogen) atoms. The number of para-hydroxylation sites is 3. The van der Waals surface area contributed by atoms with Gasteiger partial charge in [-0.3, -0.25) is 4.79 Å². The van der Waals surface area contributed by atoms with Gasteiger partial charge >= 0.3 is 0 Å². The van der Waals surface area contributed by atoms with E-state index in [9.17, 15) is 4.79 Å². The number of imidazole rings is 1. The molecule has 0 aliphatic carbocycles. The molecule has 0 radical (unpaired) electrons. The smallest absolute Gasteiger partial charge is 0.250 e. The maximum atomic E-state index is 12.4. The van der Waals surface area contributed by atoms with E-state index in [0.717, 1.165) is 38.2 Å². The molecule has 0 bridgehead atoms. The van der Waals surface area contributed by atoms with Gasteiger partial charge in [0, 0.05) is 27.7 Å². The van der Waals surface area contributed by atoms with Crippen molar-refractivity contribution in [1.29, 1.82) is 0 Å². The van der Waals surface area contributed by atoms with Crippen LogP contribution in [0.15, 0.2) is 89.3 Å². The number of thioether (sulfide) groups is 1. The van der Waals surface area contributed by atoms with E-state index in [2.05, 4.69) is 20.1 Å². The molecule has 0 spiro atoms. The molecule has 0 aliphatic heterocycles. The molecule has 5 aromatic rings. The number of carbonyl (C=O) groups is 1. The van der Waals surface area contributed by atoms with Crippen LogP contribution in [0.4, 0.5) is 0 Å². The predicted molar refractivity (Wildman–Crippen MR) is 135 cm³/mol. The quantitative estimate of drug-likeness (QED) is 0.187. The van der Waals surface area contributed by atoms with Crippen LogP contribution in [-0.2, 0) is 11.3 Å². The number of halogens is 1. The van der Waals surface area contributed by atoms with Crippen LogP contribution in [-0.4, -0.2) is 32.4 Å². The molecule has 0 unspecified atom stereocenters. The Bertz CT molecular complexity index is 1470. The highest BCUT2D eigenvalue weighted by Gasteiger charge is 2.14. The Morgan fingerprint density at radius 2 is 1.88 bits per heavy atom. The average molecular weight is 474 g/mol. The zero-order valence-electron chi connectivity index (χ0n) is 17.5. The molecule has 0 aliphatic rings. The molecule has 0 atom stereocenters. The molecular weight excluding hydrogens is 454 g/mol. The van der Waals surface area contributed by atoms with Gasteiger partial charge in [-0.1, -0.05) is 71.9 Å². The number of aromatic nitrogens is 3. The molecule has 0 saturated carbocycles. The van der Waals surface area contributed by atoms with Gasteiger partial charge in [0.05, 0.1) is 29.5 Å². The second-order valence-electron chi connectivity index (χ2n) is 7.43. The van der Waals surface area contributed by atoms with E-state index >= 15 is 0 Å². The maximum Gasteiger partial charge on any atom is 0.250 e. The van der Waals surface area contributed by atoms with Crippen molar-refractivity contribution in [3.05, 3.63) is 95.1 Å². The molecule has 6 nitrogen and oxygen atoms in total. The zero-order valence-corrected chi connectivity index (χ0v) is 19.1. The molecule has 5 rings (SSSR count). The SMILES string of the molecule is O=C(CSc1nc2ccccc2n1Cc1ccccc1Cl)N/N=C/c1c[nH]c2ccccc12. The minimum absolute atomic E-state index is 0.192. The molecule has 1 amide bonds. The minimum atomic E-state index is -0.201. The first-order valence-electron chi connectivity index (χ1n) is 10.4. The van der Waals surface area contributed by atoms with E-state index in [1.165, 1.54) is 11.8 Å². The number of hydrogen-bond donors (Lipinski definition) is 2. The Balaban J connectivity index is 1.29. The van der Waals surface area contributed by atoms with E-state index in [1.54, 1.807) is 6.21 Å². The van der Waals surface area contributed by atoms with Crippen LogP contribution in [0.1, 0.15) is 11.1 Å². The van der Waals surface area contributed by atoms with Crippen molar-refractivity contribution in [2.45, 2.75) is 11.7 Å². The Labute approximate surface area is 199 Å². The minimum Gasteiger partial charge on any atom is -0.361 e. The summed E-state index contributed by atoms with van der Waals surface area (Å²) >= 11 is 7.76. The van der Waals surface area contributed by atoms with Crippen molar-refractivity contribution in [3.63, 3.8) is 0 Å². The summed E-state index contributed by atoms with van der Waals surface area (Å²) < 4.78 is 2.09. The van der Waals surface area contributed by atoms with Gasteiger partial charge in [-0.2, -0.15) is 5.10 Å². The van der Waals surface area contributed by atoms with Gasteiger partial charge in [-0.15, -0.1) is 0 Å². The van der Waals surface area contributed by atoms with Crippen LogP contribution in [0, 0.1) is 0 Å². The third kappa shape index (κ3) is 4.65. The lowest BCUT2D eigenvalue weighted by molar-refractivity contribution is -0.118. The monoisotopic (exact) mass is 473 g/mol. The number of hydrogen-bond acceptors (Lipinski definition) is 4. The molecular formula is C25H20ClN5OS. The summed E-state index contributed by atoms with van der Waals surface area (Å²) in [6.07, 6.45) is 3.51. The fraction of sp³-hybridized carbons (Fsp3) is 0.0800. The van der Waals surface area contributed by atoms with Crippen molar-refractivity contribution in [2.75, 3.05) is 5.75 Å². The molecule has 164 valence electrons. The van der Waals surface area contributed by atoms with E-state index in [4.69, 9.17) is 16.6 Å². The molecule has 2 heterocycles. The Hall–Kier alpha value is -3.55. The zero-order chi connectivity index (χ0) is 22.6. The summed E-state index contributed by atoms with van der Waals surface area (Å²) in [6, 6.07) is 23.6. The Morgan fingerprint density at radius 3 is 2.79 bits per heavy atom. The fourth-order valence-electron chi connectivity index (χ4n) is 3.65. The van der Waals surface area contributed by atoms with Crippen LogP contribution in [0.2, 0.25) is 5.02 Å². The summed E-state index contributed by atoms with van der Waals surface area (Å²) in [5, 5.41) is 6.63. The number of H-pyrrole nitrogens is 1. The number of aromatic amines is 1. The lowest BCUT2D eigenvalue weighted by Gasteiger charge is -2.10. The van der Waals surface area contributed by atoms with Crippen LogP contribution in [0.25, 0.3) is 21.9 Å². The third-order valence-corrected chi connectivity index (χ3v) is 6.60. The summed E-state index contributed by atoms with van der Waals surface area (Å²) in [5.41, 5.74) is 7.42. The number of benzene rings is 3. The molecule has 0 saturated heterocycles. The predicted octanol–water partition coefficient (Wildman–Crippen LogP) is 5.46. The number of hydrazone groups is 1. The van der Waals surface area contributed by atoms with Crippen LogP contribution < -0.4 is 5.43 Å². The lowest BCUT2D eigenvalue weighted by Crippen LogP contribution is -2.20. The highest BCUT2D eigenvalue weighted by Crippen LogP contribution is 2.27. The molecule has 2 N–H and O–H groups in total. The van der Waals surface area contributed by atoms with Crippen LogP contribution in [0.5, 0.6) is 0 Å². The van der Waals surface area contributed by atoms with Gasteiger partial charge < -0.3 is 9.55 Å². The molecule has 3 aromatic carbocycles. The topological polar surface area (TPSA) is 75.1 Å². The number of nitrogens with zero attached hydrogens (tertiary/aromatic N) is 3. The molecule has 0 fully saturated rings. The van der Waals surface area contributed by atoms with Crippen molar-refractivity contribution >= 4 is 57.4 Å². The van der Waals surface area contributed by atoms with Gasteiger partial charge in [0.25, 0.3) is 5.91 Å². The normalized spacial score (nSPS) is 11.5. The van der Waals surface area contributed by atoms with Crippen molar-refractivity contribution in [2.24, 2.45) is 5.10 Å². The van der Waals surface area contributed by atoms with Crippen molar-refractivity contribution in [3.8, 4) is 0 Å². The van der Waals surface area contributed by atoms with Gasteiger partial charge in [0.1, 0.15) is 0 Å². The third-order valence-electron chi connectivity index (χ3n) is 5.25. The first-order chi connectivity index (χ1) is 16.2. The fourth-order valence-corrected chi connectivity index (χ4v) is 4.65. The molecule has 8 heteroatoms. The summed E-state index contributed by atoms with van der Waals surface area (Å²) in [4.78, 5) is 20.3. The number of fused-ring (bicyclic) bond motifs is 2. The highest BCUT2D eigenvalue weighted by atomic mass is 35.5. The highest BCUT2D eigenvalue weighted by molar-refractivity contribution is 7.99. The van der Waals surface area contributed by atoms with Crippen molar-refractivity contribution < 1.29 is 4.79 Å². The summed E-state index contributed by atoms with van der Waals surface area (Å²) in [6.45, 7) is 0.572. The summed E-state index contributed by atoms with van der Waals surface area (Å²) in [7, 11) is 0. The van der Waals surface area contributed by atoms with Gasteiger partial charge in [0.2, 0.25) is 0 Å². The average Bonchev–Trinajstić information content (AvgIpc) is 3.41. The number of amides is 1.